The molecular formula is C32H40N4. The molecule has 0 heterocycles. The van der Waals surface area contributed by atoms with Gasteiger partial charge in [-0.1, -0.05) is 68.4 Å². The van der Waals surface area contributed by atoms with Crippen LogP contribution in [0.1, 0.15) is 79.0 Å². The maximum absolute atomic E-state index is 4.72. The van der Waals surface area contributed by atoms with Crippen LogP contribution in [0.4, 0.5) is 22.7 Å². The van der Waals surface area contributed by atoms with Crippen LogP contribution in [0.3, 0.4) is 0 Å². The maximum Gasteiger partial charge on any atom is 0.0858 e. The van der Waals surface area contributed by atoms with E-state index < -0.39 is 0 Å². The minimum Gasteiger partial charge on any atom is -0.261 e. The van der Waals surface area contributed by atoms with Gasteiger partial charge < -0.3 is 0 Å². The Bertz CT molecular complexity index is 1210. The molecule has 0 aliphatic rings. The Balaban J connectivity index is 1.71. The van der Waals surface area contributed by atoms with Crippen LogP contribution >= 0.6 is 0 Å². The van der Waals surface area contributed by atoms with Crippen molar-refractivity contribution in [3.05, 3.63) is 83.4 Å². The van der Waals surface area contributed by atoms with Gasteiger partial charge in [0.1, 0.15) is 0 Å². The first kappa shape index (κ1) is 27.2. The van der Waals surface area contributed by atoms with E-state index in [0.717, 1.165) is 28.3 Å². The lowest BCUT2D eigenvalue weighted by molar-refractivity contribution is 0.568. The van der Waals surface area contributed by atoms with Gasteiger partial charge in [0, 0.05) is 12.4 Å². The molecule has 0 radical (unpaired) electrons. The fourth-order valence-electron chi connectivity index (χ4n) is 3.34. The van der Waals surface area contributed by atoms with E-state index in [-0.39, 0.29) is 16.2 Å². The quantitative estimate of drug-likeness (QED) is 0.258. The van der Waals surface area contributed by atoms with E-state index in [0.29, 0.717) is 0 Å². The van der Waals surface area contributed by atoms with Gasteiger partial charge in [0.05, 0.1) is 22.7 Å². The predicted octanol–water partition coefficient (Wildman–Crippen LogP) is 10.2. The molecule has 0 spiro atoms. The SMILES string of the molecule is CC(C)(C)/C=N/c1ccc(/N=N/c2ccc(/N=C/c3cc(C(C)(C)C)cc(C(C)(C)C)c3)cc2)cc1. The van der Waals surface area contributed by atoms with Crippen molar-refractivity contribution in [2.75, 3.05) is 0 Å². The molecule has 0 aliphatic heterocycles. The molecule has 0 aromatic heterocycles. The third-order valence-electron chi connectivity index (χ3n) is 5.63. The molecule has 0 aliphatic carbocycles. The third kappa shape index (κ3) is 8.37. The van der Waals surface area contributed by atoms with E-state index in [1.165, 1.54) is 11.1 Å². The molecule has 0 saturated carbocycles. The summed E-state index contributed by atoms with van der Waals surface area (Å²) in [4.78, 5) is 9.22. The summed E-state index contributed by atoms with van der Waals surface area (Å²) in [7, 11) is 0. The molecule has 0 N–H and O–H groups in total. The second-order valence-corrected chi connectivity index (χ2v) is 12.5. The normalized spacial score (nSPS) is 13.4. The van der Waals surface area contributed by atoms with Crippen molar-refractivity contribution >= 4 is 35.2 Å². The summed E-state index contributed by atoms with van der Waals surface area (Å²) in [5.41, 5.74) is 7.34. The van der Waals surface area contributed by atoms with Crippen LogP contribution < -0.4 is 0 Å². The molecule has 188 valence electrons. The zero-order valence-electron chi connectivity index (χ0n) is 23.3. The van der Waals surface area contributed by atoms with Gasteiger partial charge in [-0.25, -0.2) is 0 Å². The number of rotatable bonds is 5. The Hall–Kier alpha value is -3.40. The monoisotopic (exact) mass is 480 g/mol. The minimum atomic E-state index is 0.0560. The summed E-state index contributed by atoms with van der Waals surface area (Å²) in [5, 5.41) is 8.71. The van der Waals surface area contributed by atoms with Crippen LogP contribution in [0.2, 0.25) is 0 Å². The maximum atomic E-state index is 4.72. The lowest BCUT2D eigenvalue weighted by Crippen LogP contribution is -2.17. The van der Waals surface area contributed by atoms with Crippen molar-refractivity contribution in [2.45, 2.75) is 73.1 Å². The zero-order valence-corrected chi connectivity index (χ0v) is 23.3. The molecule has 0 bridgehead atoms. The second kappa shape index (κ2) is 10.7. The van der Waals surface area contributed by atoms with Crippen LogP contribution in [-0.2, 0) is 10.8 Å². The Kier molecular flexibility index (Phi) is 8.08. The highest BCUT2D eigenvalue weighted by atomic mass is 15.1. The van der Waals surface area contributed by atoms with E-state index in [1.807, 2.05) is 61.0 Å². The van der Waals surface area contributed by atoms with Crippen LogP contribution in [0.15, 0.2) is 86.9 Å². The van der Waals surface area contributed by atoms with E-state index in [9.17, 15) is 0 Å². The Morgan fingerprint density at radius 2 is 0.889 bits per heavy atom. The summed E-state index contributed by atoms with van der Waals surface area (Å²) >= 11 is 0. The average Bonchev–Trinajstić information content (AvgIpc) is 2.79. The van der Waals surface area contributed by atoms with Gasteiger partial charge in [0.2, 0.25) is 0 Å². The highest BCUT2D eigenvalue weighted by Gasteiger charge is 2.20. The van der Waals surface area contributed by atoms with Crippen LogP contribution in [0.5, 0.6) is 0 Å². The molecule has 0 saturated heterocycles. The summed E-state index contributed by atoms with van der Waals surface area (Å²) in [6.45, 7) is 19.9. The first-order valence-corrected chi connectivity index (χ1v) is 12.6. The fraction of sp³-hybridized carbons (Fsp3) is 0.375. The van der Waals surface area contributed by atoms with Gasteiger partial charge >= 0.3 is 0 Å². The van der Waals surface area contributed by atoms with Crippen molar-refractivity contribution < 1.29 is 0 Å². The van der Waals surface area contributed by atoms with Crippen molar-refractivity contribution in [3.8, 4) is 0 Å². The minimum absolute atomic E-state index is 0.0560. The molecule has 0 atom stereocenters. The molecule has 0 unspecified atom stereocenters. The largest absolute Gasteiger partial charge is 0.261 e. The number of hydrogen-bond acceptors (Lipinski definition) is 4. The number of azo groups is 1. The molecule has 3 aromatic rings. The lowest BCUT2D eigenvalue weighted by Gasteiger charge is -2.25. The third-order valence-corrected chi connectivity index (χ3v) is 5.63. The zero-order chi connectivity index (χ0) is 26.6. The molecule has 4 nitrogen and oxygen atoms in total. The summed E-state index contributed by atoms with van der Waals surface area (Å²) < 4.78 is 0. The molecule has 36 heavy (non-hydrogen) atoms. The first-order chi connectivity index (χ1) is 16.7. The molecule has 3 aromatic carbocycles. The van der Waals surface area contributed by atoms with Gasteiger partial charge in [-0.15, -0.1) is 0 Å². The Morgan fingerprint density at radius 3 is 1.28 bits per heavy atom. The Labute approximate surface area is 217 Å². The second-order valence-electron chi connectivity index (χ2n) is 12.5. The predicted molar refractivity (Wildman–Crippen MR) is 156 cm³/mol. The first-order valence-electron chi connectivity index (χ1n) is 12.6. The number of aliphatic imine (C=N–C) groups is 2. The summed E-state index contributed by atoms with van der Waals surface area (Å²) in [5.74, 6) is 0. The smallest absolute Gasteiger partial charge is 0.0858 e. The number of benzene rings is 3. The van der Waals surface area contributed by atoms with Crippen molar-refractivity contribution in [3.63, 3.8) is 0 Å². The van der Waals surface area contributed by atoms with Crippen LogP contribution in [0, 0.1) is 5.41 Å². The fourth-order valence-corrected chi connectivity index (χ4v) is 3.34. The van der Waals surface area contributed by atoms with Crippen LogP contribution in [-0.4, -0.2) is 12.4 Å². The molecule has 3 rings (SSSR count). The Morgan fingerprint density at radius 1 is 0.500 bits per heavy atom. The van der Waals surface area contributed by atoms with Gasteiger partial charge in [-0.3, -0.25) is 9.98 Å². The standard InChI is InChI=1S/C32H40N4/c1-30(2,3)22-34-27-12-16-29(17-13-27)36-35-28-14-10-26(11-15-28)33-21-23-18-24(31(4,5)6)20-25(19-23)32(7,8)9/h10-22H,1-9H3/b33-21+,34-22+,36-35+. The van der Waals surface area contributed by atoms with Crippen molar-refractivity contribution in [1.29, 1.82) is 0 Å². The van der Waals surface area contributed by atoms with E-state index >= 15 is 0 Å². The summed E-state index contributed by atoms with van der Waals surface area (Å²) in [6, 6.07) is 22.4. The van der Waals surface area contributed by atoms with Crippen molar-refractivity contribution in [2.24, 2.45) is 25.6 Å². The topological polar surface area (TPSA) is 49.4 Å². The highest BCUT2D eigenvalue weighted by molar-refractivity contribution is 5.83. The molecule has 4 heteroatoms. The number of hydrogen-bond donors (Lipinski definition) is 0. The molecular weight excluding hydrogens is 440 g/mol. The van der Waals surface area contributed by atoms with Gasteiger partial charge in [0.15, 0.2) is 0 Å². The molecule has 0 amide bonds. The number of nitrogens with zero attached hydrogens (tertiary/aromatic N) is 4. The van der Waals surface area contributed by atoms with Gasteiger partial charge in [-0.2, -0.15) is 10.2 Å². The van der Waals surface area contributed by atoms with E-state index in [1.54, 1.807) is 0 Å². The molecule has 0 fully saturated rings. The highest BCUT2D eigenvalue weighted by Crippen LogP contribution is 2.30. The van der Waals surface area contributed by atoms with E-state index in [2.05, 4.69) is 95.7 Å². The summed E-state index contributed by atoms with van der Waals surface area (Å²) in [6.07, 6.45) is 3.91. The van der Waals surface area contributed by atoms with Crippen LogP contribution in [0.25, 0.3) is 0 Å². The van der Waals surface area contributed by atoms with E-state index in [4.69, 9.17) is 4.99 Å². The average molecular weight is 481 g/mol. The van der Waals surface area contributed by atoms with Gasteiger partial charge in [0.25, 0.3) is 0 Å². The lowest BCUT2D eigenvalue weighted by atomic mass is 9.79. The van der Waals surface area contributed by atoms with Gasteiger partial charge in [-0.05, 0) is 93.6 Å². The van der Waals surface area contributed by atoms with Crippen molar-refractivity contribution in [1.82, 2.24) is 0 Å².